The molecule has 2 aromatic rings. The Hall–Kier alpha value is -3.12. The first-order chi connectivity index (χ1) is 15.1. The molecule has 3 aliphatic heterocycles. The average molecular weight is 418 g/mol. The van der Waals surface area contributed by atoms with E-state index in [9.17, 15) is 9.59 Å². The van der Waals surface area contributed by atoms with Gasteiger partial charge in [0, 0.05) is 12.2 Å². The topological polar surface area (TPSA) is 67.9 Å². The van der Waals surface area contributed by atoms with Gasteiger partial charge in [0.15, 0.2) is 0 Å². The lowest BCUT2D eigenvalue weighted by atomic mass is 9.77. The van der Waals surface area contributed by atoms with E-state index in [1.807, 2.05) is 54.6 Å². The Morgan fingerprint density at radius 3 is 2.71 bits per heavy atom. The summed E-state index contributed by atoms with van der Waals surface area (Å²) in [4.78, 5) is 28.1. The minimum atomic E-state index is -0.715. The van der Waals surface area contributed by atoms with E-state index in [0.717, 1.165) is 24.3 Å². The number of benzene rings is 2. The Balaban J connectivity index is 1.26. The molecule has 5 rings (SSSR count). The highest BCUT2D eigenvalue weighted by molar-refractivity contribution is 6.03. The van der Waals surface area contributed by atoms with Crippen molar-refractivity contribution in [2.75, 3.05) is 25.1 Å². The smallest absolute Gasteiger partial charge is 0.234 e. The van der Waals surface area contributed by atoms with Crippen molar-refractivity contribution >= 4 is 17.5 Å². The molecule has 2 saturated heterocycles. The normalized spacial score (nSPS) is 28.1. The highest BCUT2D eigenvalue weighted by Crippen LogP contribution is 2.52. The third-order valence-corrected chi connectivity index (χ3v) is 6.57. The minimum absolute atomic E-state index is 0.0542. The maximum absolute atomic E-state index is 13.4. The number of carbonyl (C=O) groups excluding carboxylic acids is 2. The van der Waals surface area contributed by atoms with Crippen molar-refractivity contribution < 1.29 is 19.1 Å². The Kier molecular flexibility index (Phi) is 5.02. The van der Waals surface area contributed by atoms with Gasteiger partial charge in [0.05, 0.1) is 31.6 Å². The molecular weight excluding hydrogens is 392 g/mol. The quantitative estimate of drug-likeness (QED) is 0.555. The summed E-state index contributed by atoms with van der Waals surface area (Å²) in [6.45, 7) is 1.00. The number of methoxy groups -OCH3 is 1. The molecule has 3 aliphatic rings. The Morgan fingerprint density at radius 2 is 1.97 bits per heavy atom. The van der Waals surface area contributed by atoms with Crippen molar-refractivity contribution in [1.29, 1.82) is 0 Å². The first kappa shape index (κ1) is 19.8. The number of fused-ring (bicyclic) bond motifs is 1. The molecule has 4 atom stereocenters. The van der Waals surface area contributed by atoms with Crippen LogP contribution in [0, 0.1) is 11.8 Å². The molecule has 160 valence electrons. The second kappa shape index (κ2) is 7.85. The number of aryl methyl sites for hydroxylation is 1. The standard InChI is InChI=1S/C25H26N2O4/c1-30-19-11-9-18(10-12-19)27-16-25-14-13-20(31-25)21(22(25)24(27)29)23(28)26-15-5-8-17-6-3-2-4-7-17/h2-4,6-7,9-14,20-22H,5,8,15-16H2,1H3,(H,26,28)/t20-,21+,22-,25-/m0/s1. The molecule has 0 unspecified atom stereocenters. The lowest BCUT2D eigenvalue weighted by Gasteiger charge is -2.23. The number of carbonyl (C=O) groups is 2. The fourth-order valence-electron chi connectivity index (χ4n) is 5.05. The molecule has 6 nitrogen and oxygen atoms in total. The van der Waals surface area contributed by atoms with Crippen LogP contribution in [0.15, 0.2) is 66.7 Å². The summed E-state index contributed by atoms with van der Waals surface area (Å²) in [7, 11) is 1.61. The average Bonchev–Trinajstić information content (AvgIpc) is 3.45. The zero-order valence-corrected chi connectivity index (χ0v) is 17.5. The van der Waals surface area contributed by atoms with Gasteiger partial charge in [-0.05, 0) is 42.7 Å². The maximum Gasteiger partial charge on any atom is 0.234 e. The first-order valence-electron chi connectivity index (χ1n) is 10.8. The van der Waals surface area contributed by atoms with Gasteiger partial charge in [-0.2, -0.15) is 0 Å². The van der Waals surface area contributed by atoms with Crippen LogP contribution in [0.2, 0.25) is 0 Å². The van der Waals surface area contributed by atoms with Crippen molar-refractivity contribution in [3.05, 3.63) is 72.3 Å². The number of rotatable bonds is 7. The predicted octanol–water partition coefficient (Wildman–Crippen LogP) is 2.73. The predicted molar refractivity (Wildman–Crippen MR) is 117 cm³/mol. The summed E-state index contributed by atoms with van der Waals surface area (Å²) >= 11 is 0. The number of hydrogen-bond donors (Lipinski definition) is 1. The summed E-state index contributed by atoms with van der Waals surface area (Å²) in [6.07, 6.45) is 5.34. The molecule has 2 aromatic carbocycles. The van der Waals surface area contributed by atoms with Crippen LogP contribution in [0.5, 0.6) is 5.75 Å². The molecule has 6 heteroatoms. The van der Waals surface area contributed by atoms with E-state index in [1.165, 1.54) is 5.56 Å². The number of ether oxygens (including phenoxy) is 2. The van der Waals surface area contributed by atoms with Crippen molar-refractivity contribution in [3.8, 4) is 5.75 Å². The van der Waals surface area contributed by atoms with Crippen LogP contribution < -0.4 is 15.0 Å². The molecule has 2 bridgehead atoms. The van der Waals surface area contributed by atoms with Crippen LogP contribution in [0.3, 0.4) is 0 Å². The molecule has 2 amide bonds. The lowest BCUT2D eigenvalue weighted by Crippen LogP contribution is -2.44. The lowest BCUT2D eigenvalue weighted by molar-refractivity contribution is -0.131. The van der Waals surface area contributed by atoms with Gasteiger partial charge < -0.3 is 19.7 Å². The van der Waals surface area contributed by atoms with Gasteiger partial charge in [-0.15, -0.1) is 0 Å². The number of amides is 2. The molecule has 2 fully saturated rings. The Bertz CT molecular complexity index is 1000. The SMILES string of the molecule is COc1ccc(N2C[C@]34C=C[C@H](O3)[C@@H](C(=O)NCCCc3ccccc3)[C@H]4C2=O)cc1. The molecule has 0 aliphatic carbocycles. The van der Waals surface area contributed by atoms with Gasteiger partial charge in [0.2, 0.25) is 11.8 Å². The van der Waals surface area contributed by atoms with Gasteiger partial charge in [0.25, 0.3) is 0 Å². The van der Waals surface area contributed by atoms with Gasteiger partial charge in [-0.25, -0.2) is 0 Å². The molecule has 31 heavy (non-hydrogen) atoms. The largest absolute Gasteiger partial charge is 0.497 e. The van der Waals surface area contributed by atoms with E-state index in [4.69, 9.17) is 9.47 Å². The number of nitrogens with zero attached hydrogens (tertiary/aromatic N) is 1. The fraction of sp³-hybridized carbons (Fsp3) is 0.360. The number of hydrogen-bond acceptors (Lipinski definition) is 4. The summed E-state index contributed by atoms with van der Waals surface area (Å²) in [5, 5.41) is 3.04. The highest BCUT2D eigenvalue weighted by Gasteiger charge is 2.67. The summed E-state index contributed by atoms with van der Waals surface area (Å²) < 4.78 is 11.4. The van der Waals surface area contributed by atoms with Crippen LogP contribution in [0.25, 0.3) is 0 Å². The van der Waals surface area contributed by atoms with Crippen molar-refractivity contribution in [2.24, 2.45) is 11.8 Å². The monoisotopic (exact) mass is 418 g/mol. The van der Waals surface area contributed by atoms with Crippen molar-refractivity contribution in [1.82, 2.24) is 5.32 Å². The molecule has 1 N–H and O–H groups in total. The van der Waals surface area contributed by atoms with Gasteiger partial charge in [0.1, 0.15) is 11.4 Å². The van der Waals surface area contributed by atoms with E-state index in [-0.39, 0.29) is 17.9 Å². The maximum atomic E-state index is 13.4. The number of anilines is 1. The summed E-state index contributed by atoms with van der Waals surface area (Å²) in [5.41, 5.74) is 1.33. The Labute approximate surface area is 181 Å². The number of nitrogens with one attached hydrogen (secondary N) is 1. The summed E-state index contributed by atoms with van der Waals surface area (Å²) in [5.74, 6) is -0.393. The van der Waals surface area contributed by atoms with E-state index in [0.29, 0.717) is 13.1 Å². The van der Waals surface area contributed by atoms with Gasteiger partial charge in [-0.1, -0.05) is 42.5 Å². The van der Waals surface area contributed by atoms with Crippen LogP contribution in [-0.2, 0) is 20.7 Å². The van der Waals surface area contributed by atoms with E-state index >= 15 is 0 Å². The second-order valence-corrected chi connectivity index (χ2v) is 8.40. The van der Waals surface area contributed by atoms with Gasteiger partial charge >= 0.3 is 0 Å². The van der Waals surface area contributed by atoms with Crippen LogP contribution in [0.4, 0.5) is 5.69 Å². The minimum Gasteiger partial charge on any atom is -0.497 e. The van der Waals surface area contributed by atoms with E-state index in [2.05, 4.69) is 17.4 Å². The molecule has 1 spiro atoms. The van der Waals surface area contributed by atoms with Crippen LogP contribution >= 0.6 is 0 Å². The van der Waals surface area contributed by atoms with E-state index < -0.39 is 17.4 Å². The molecule has 0 saturated carbocycles. The fourth-order valence-corrected chi connectivity index (χ4v) is 5.05. The molecule has 0 radical (unpaired) electrons. The van der Waals surface area contributed by atoms with Crippen LogP contribution in [0.1, 0.15) is 12.0 Å². The molecule has 0 aromatic heterocycles. The molecular formula is C25H26N2O4. The zero-order valence-electron chi connectivity index (χ0n) is 17.5. The van der Waals surface area contributed by atoms with Gasteiger partial charge in [-0.3, -0.25) is 9.59 Å². The molecule has 3 heterocycles. The second-order valence-electron chi connectivity index (χ2n) is 8.40. The highest BCUT2D eigenvalue weighted by atomic mass is 16.5. The third-order valence-electron chi connectivity index (χ3n) is 6.57. The zero-order chi connectivity index (χ0) is 21.4. The summed E-state index contributed by atoms with van der Waals surface area (Å²) in [6, 6.07) is 17.6. The Morgan fingerprint density at radius 1 is 1.19 bits per heavy atom. The van der Waals surface area contributed by atoms with Crippen molar-refractivity contribution in [2.45, 2.75) is 24.5 Å². The van der Waals surface area contributed by atoms with Crippen molar-refractivity contribution in [3.63, 3.8) is 0 Å². The van der Waals surface area contributed by atoms with Crippen LogP contribution in [-0.4, -0.2) is 43.7 Å². The first-order valence-corrected chi connectivity index (χ1v) is 10.8. The van der Waals surface area contributed by atoms with E-state index in [1.54, 1.807) is 12.0 Å². The third kappa shape index (κ3) is 3.41.